The number of piperazine rings is 1. The standard InChI is InChI=1S/C28H38N6O/c1-21-19-34(26-6-5-24(18-29)28-25(26)4-3-11-30-28)17-16-33(21)20-27(35)32-14-9-23(10-15-32)22-7-12-31(2)13-8-22/h3-6,11,21-23H,7-10,12-17,19-20H2,1-2H3. The third-order valence-corrected chi connectivity index (χ3v) is 8.63. The highest BCUT2D eigenvalue weighted by Gasteiger charge is 2.32. The fourth-order valence-electron chi connectivity index (χ4n) is 6.37. The number of carbonyl (C=O) groups is 1. The summed E-state index contributed by atoms with van der Waals surface area (Å²) in [6.45, 7) is 9.63. The molecule has 3 aliphatic heterocycles. The SMILES string of the molecule is CC1CN(c2ccc(C#N)c3ncccc23)CCN1CC(=O)N1CCC(C2CCN(C)CC2)CC1. The number of amides is 1. The van der Waals surface area contributed by atoms with Gasteiger partial charge in [0.1, 0.15) is 6.07 Å². The highest BCUT2D eigenvalue weighted by atomic mass is 16.2. The van der Waals surface area contributed by atoms with Crippen LogP contribution in [0.2, 0.25) is 0 Å². The number of likely N-dealkylation sites (tertiary alicyclic amines) is 2. The van der Waals surface area contributed by atoms with Crippen LogP contribution in [0.25, 0.3) is 10.9 Å². The molecule has 3 saturated heterocycles. The molecule has 0 bridgehead atoms. The molecule has 7 nitrogen and oxygen atoms in total. The number of hydrogen-bond acceptors (Lipinski definition) is 6. The Morgan fingerprint density at radius 1 is 1.03 bits per heavy atom. The first-order valence-corrected chi connectivity index (χ1v) is 13.3. The zero-order chi connectivity index (χ0) is 24.4. The van der Waals surface area contributed by atoms with Gasteiger partial charge in [-0.2, -0.15) is 5.26 Å². The van der Waals surface area contributed by atoms with Crippen LogP contribution in [0.15, 0.2) is 30.5 Å². The number of pyridine rings is 1. The van der Waals surface area contributed by atoms with Gasteiger partial charge in [0.2, 0.25) is 5.91 Å². The van der Waals surface area contributed by atoms with Crippen molar-refractivity contribution in [3.05, 3.63) is 36.0 Å². The first-order chi connectivity index (χ1) is 17.0. The number of aromatic nitrogens is 1. The lowest BCUT2D eigenvalue weighted by molar-refractivity contribution is -0.134. The number of anilines is 1. The number of rotatable bonds is 4. The van der Waals surface area contributed by atoms with E-state index in [1.165, 1.54) is 38.8 Å². The van der Waals surface area contributed by atoms with Crippen molar-refractivity contribution in [2.24, 2.45) is 11.8 Å². The van der Waals surface area contributed by atoms with Gasteiger partial charge in [0.15, 0.2) is 0 Å². The first kappa shape index (κ1) is 24.0. The summed E-state index contributed by atoms with van der Waals surface area (Å²) in [7, 11) is 2.22. The van der Waals surface area contributed by atoms with Gasteiger partial charge >= 0.3 is 0 Å². The minimum absolute atomic E-state index is 0.284. The summed E-state index contributed by atoms with van der Waals surface area (Å²) in [5, 5.41) is 10.5. The average Bonchev–Trinajstić information content (AvgIpc) is 2.89. The summed E-state index contributed by atoms with van der Waals surface area (Å²) in [6.07, 6.45) is 6.73. The van der Waals surface area contributed by atoms with Crippen LogP contribution in [0.4, 0.5) is 5.69 Å². The second kappa shape index (κ2) is 10.5. The molecular weight excluding hydrogens is 436 g/mol. The Labute approximate surface area is 209 Å². The van der Waals surface area contributed by atoms with Crippen LogP contribution < -0.4 is 4.90 Å². The number of fused-ring (bicyclic) bond motifs is 1. The van der Waals surface area contributed by atoms with E-state index in [4.69, 9.17) is 0 Å². The highest BCUT2D eigenvalue weighted by molar-refractivity contribution is 5.95. The molecule has 0 radical (unpaired) electrons. The van der Waals surface area contributed by atoms with Gasteiger partial charge < -0.3 is 14.7 Å². The largest absolute Gasteiger partial charge is 0.368 e. The molecule has 3 aliphatic rings. The van der Waals surface area contributed by atoms with Crippen LogP contribution in [-0.2, 0) is 4.79 Å². The molecule has 4 heterocycles. The van der Waals surface area contributed by atoms with Crippen LogP contribution in [0.5, 0.6) is 0 Å². The Hall–Kier alpha value is -2.69. The summed E-state index contributed by atoms with van der Waals surface area (Å²) >= 11 is 0. The molecule has 0 aliphatic carbocycles. The minimum atomic E-state index is 0.284. The zero-order valence-electron chi connectivity index (χ0n) is 21.2. The molecule has 0 N–H and O–H groups in total. The molecule has 1 unspecified atom stereocenters. The lowest BCUT2D eigenvalue weighted by Crippen LogP contribution is -2.55. The minimum Gasteiger partial charge on any atom is -0.368 e. The lowest BCUT2D eigenvalue weighted by atomic mass is 9.79. The van der Waals surface area contributed by atoms with Crippen LogP contribution in [0.1, 0.15) is 38.2 Å². The smallest absolute Gasteiger partial charge is 0.236 e. The zero-order valence-corrected chi connectivity index (χ0v) is 21.2. The van der Waals surface area contributed by atoms with Crippen molar-refractivity contribution in [3.8, 4) is 6.07 Å². The molecule has 5 rings (SSSR count). The van der Waals surface area contributed by atoms with Crippen LogP contribution >= 0.6 is 0 Å². The summed E-state index contributed by atoms with van der Waals surface area (Å²) in [5.41, 5.74) is 2.50. The van der Waals surface area contributed by atoms with Crippen molar-refractivity contribution in [2.45, 2.75) is 38.6 Å². The molecule has 1 amide bonds. The van der Waals surface area contributed by atoms with E-state index in [-0.39, 0.29) is 6.04 Å². The predicted molar refractivity (Wildman–Crippen MR) is 139 cm³/mol. The highest BCUT2D eigenvalue weighted by Crippen LogP contribution is 2.33. The van der Waals surface area contributed by atoms with Crippen LogP contribution in [0.3, 0.4) is 0 Å². The van der Waals surface area contributed by atoms with Crippen molar-refractivity contribution in [1.82, 2.24) is 19.7 Å². The lowest BCUT2D eigenvalue weighted by Gasteiger charge is -2.43. The summed E-state index contributed by atoms with van der Waals surface area (Å²) in [4.78, 5) is 26.9. The molecule has 3 fully saturated rings. The normalized spacial score (nSPS) is 23.5. The predicted octanol–water partition coefficient (Wildman–Crippen LogP) is 3.20. The maximum Gasteiger partial charge on any atom is 0.236 e. The van der Waals surface area contributed by atoms with Gasteiger partial charge in [-0.1, -0.05) is 0 Å². The average molecular weight is 475 g/mol. The van der Waals surface area contributed by atoms with Gasteiger partial charge in [-0.25, -0.2) is 0 Å². The first-order valence-electron chi connectivity index (χ1n) is 13.3. The molecule has 0 spiro atoms. The van der Waals surface area contributed by atoms with E-state index in [2.05, 4.69) is 44.6 Å². The van der Waals surface area contributed by atoms with Crippen molar-refractivity contribution in [2.75, 3.05) is 64.3 Å². The van der Waals surface area contributed by atoms with Gasteiger partial charge in [-0.3, -0.25) is 14.7 Å². The molecule has 2 aromatic rings. The Bertz CT molecular complexity index is 1080. The van der Waals surface area contributed by atoms with E-state index in [0.717, 1.165) is 61.1 Å². The Morgan fingerprint density at radius 3 is 2.43 bits per heavy atom. The summed E-state index contributed by atoms with van der Waals surface area (Å²) in [5.74, 6) is 1.94. The number of benzene rings is 1. The van der Waals surface area contributed by atoms with E-state index in [0.29, 0.717) is 18.0 Å². The Morgan fingerprint density at radius 2 is 1.74 bits per heavy atom. The monoisotopic (exact) mass is 474 g/mol. The van der Waals surface area contributed by atoms with E-state index in [1.807, 2.05) is 24.3 Å². The van der Waals surface area contributed by atoms with Crippen LogP contribution in [-0.4, -0.2) is 91.0 Å². The second-order valence-corrected chi connectivity index (χ2v) is 10.8. The number of carbonyl (C=O) groups excluding carboxylic acids is 1. The van der Waals surface area contributed by atoms with E-state index >= 15 is 0 Å². The van der Waals surface area contributed by atoms with Crippen molar-refractivity contribution < 1.29 is 4.79 Å². The van der Waals surface area contributed by atoms with Gasteiger partial charge in [-0.15, -0.1) is 0 Å². The van der Waals surface area contributed by atoms with Gasteiger partial charge in [0, 0.05) is 56.0 Å². The van der Waals surface area contributed by atoms with E-state index < -0.39 is 0 Å². The number of nitrogens with zero attached hydrogens (tertiary/aromatic N) is 6. The van der Waals surface area contributed by atoms with Gasteiger partial charge in [0.25, 0.3) is 0 Å². The van der Waals surface area contributed by atoms with Crippen molar-refractivity contribution in [1.29, 1.82) is 5.26 Å². The number of nitriles is 1. The maximum absolute atomic E-state index is 13.2. The quantitative estimate of drug-likeness (QED) is 0.678. The fraction of sp³-hybridized carbons (Fsp3) is 0.607. The number of hydrogen-bond donors (Lipinski definition) is 0. The summed E-state index contributed by atoms with van der Waals surface area (Å²) < 4.78 is 0. The summed E-state index contributed by atoms with van der Waals surface area (Å²) in [6, 6.07) is 10.4. The number of piperidine rings is 2. The van der Waals surface area contributed by atoms with Crippen molar-refractivity contribution in [3.63, 3.8) is 0 Å². The Balaban J connectivity index is 1.15. The third kappa shape index (κ3) is 5.14. The second-order valence-electron chi connectivity index (χ2n) is 10.8. The fourth-order valence-corrected chi connectivity index (χ4v) is 6.37. The molecule has 0 saturated carbocycles. The van der Waals surface area contributed by atoms with Crippen LogP contribution in [0, 0.1) is 23.2 Å². The topological polar surface area (TPSA) is 66.7 Å². The molecule has 1 atom stereocenters. The van der Waals surface area contributed by atoms with E-state index in [1.54, 1.807) is 6.20 Å². The molecule has 35 heavy (non-hydrogen) atoms. The third-order valence-electron chi connectivity index (χ3n) is 8.63. The van der Waals surface area contributed by atoms with Crippen molar-refractivity contribution >= 4 is 22.5 Å². The van der Waals surface area contributed by atoms with Gasteiger partial charge in [-0.05, 0) is 88.8 Å². The van der Waals surface area contributed by atoms with E-state index in [9.17, 15) is 10.1 Å². The molecular formula is C28H38N6O. The molecule has 1 aromatic heterocycles. The molecule has 1 aromatic carbocycles. The molecule has 186 valence electrons. The maximum atomic E-state index is 13.2. The van der Waals surface area contributed by atoms with Gasteiger partial charge in [0.05, 0.1) is 17.6 Å². The molecule has 7 heteroatoms. The Kier molecular flexibility index (Phi) is 7.22.